The van der Waals surface area contributed by atoms with Crippen molar-refractivity contribution in [3.05, 3.63) is 51.8 Å². The van der Waals surface area contributed by atoms with Crippen molar-refractivity contribution in [2.75, 3.05) is 4.72 Å². The van der Waals surface area contributed by atoms with Crippen LogP contribution in [0.25, 0.3) is 9.88 Å². The van der Waals surface area contributed by atoms with Gasteiger partial charge >= 0.3 is 0 Å². The van der Waals surface area contributed by atoms with E-state index in [-0.39, 0.29) is 0 Å². The summed E-state index contributed by atoms with van der Waals surface area (Å²) in [6, 6.07) is 9.19. The van der Waals surface area contributed by atoms with Crippen LogP contribution >= 0.6 is 22.7 Å². The molecule has 1 aromatic carbocycles. The molecule has 2 heterocycles. The molecule has 0 radical (unpaired) electrons. The first-order chi connectivity index (χ1) is 11.4. The number of thiazole rings is 1. The van der Waals surface area contributed by atoms with Gasteiger partial charge in [0.15, 0.2) is 0 Å². The number of sulfonamides is 1. The van der Waals surface area contributed by atoms with Crippen LogP contribution in [0.2, 0.25) is 0 Å². The topological polar surface area (TPSA) is 59.1 Å². The molecule has 0 saturated heterocycles. The Bertz CT molecular complexity index is 971. The number of rotatable bonds is 5. The van der Waals surface area contributed by atoms with E-state index in [1.165, 1.54) is 22.7 Å². The first kappa shape index (κ1) is 17.1. The highest BCUT2D eigenvalue weighted by Crippen LogP contribution is 2.35. The normalized spacial score (nSPS) is 11.6. The summed E-state index contributed by atoms with van der Waals surface area (Å²) in [6.45, 7) is 5.80. The predicted octanol–water partition coefficient (Wildman–Crippen LogP) is 4.85. The lowest BCUT2D eigenvalue weighted by Crippen LogP contribution is -2.13. The molecule has 24 heavy (non-hydrogen) atoms. The summed E-state index contributed by atoms with van der Waals surface area (Å²) in [7, 11) is -3.61. The van der Waals surface area contributed by atoms with Crippen molar-refractivity contribution in [2.24, 2.45) is 0 Å². The van der Waals surface area contributed by atoms with Crippen molar-refractivity contribution in [2.45, 2.75) is 32.1 Å². The number of hydrogen-bond acceptors (Lipinski definition) is 5. The minimum Gasteiger partial charge on any atom is -0.280 e. The minimum atomic E-state index is -3.61. The third-order valence-corrected chi connectivity index (χ3v) is 7.40. The highest BCUT2D eigenvalue weighted by molar-refractivity contribution is 7.93. The van der Waals surface area contributed by atoms with Crippen LogP contribution in [0.1, 0.15) is 23.1 Å². The molecule has 126 valence electrons. The molecule has 0 atom stereocenters. The number of nitrogens with one attached hydrogen (secondary N) is 1. The average molecular weight is 379 g/mol. The van der Waals surface area contributed by atoms with Gasteiger partial charge in [0.2, 0.25) is 0 Å². The number of benzene rings is 1. The summed E-state index contributed by atoms with van der Waals surface area (Å²) in [5, 5.41) is 2.82. The molecule has 4 nitrogen and oxygen atoms in total. The Kier molecular flexibility index (Phi) is 4.76. The van der Waals surface area contributed by atoms with Gasteiger partial charge in [-0.1, -0.05) is 19.1 Å². The molecule has 0 amide bonds. The van der Waals surface area contributed by atoms with Crippen LogP contribution in [-0.2, 0) is 16.4 Å². The van der Waals surface area contributed by atoms with Crippen LogP contribution < -0.4 is 4.72 Å². The largest absolute Gasteiger partial charge is 0.280 e. The zero-order valence-corrected chi connectivity index (χ0v) is 16.1. The van der Waals surface area contributed by atoms with Crippen LogP contribution in [0, 0.1) is 13.8 Å². The number of thiophene rings is 1. The number of anilines is 1. The Morgan fingerprint density at radius 3 is 2.67 bits per heavy atom. The lowest BCUT2D eigenvalue weighted by atomic mass is 10.1. The van der Waals surface area contributed by atoms with Crippen molar-refractivity contribution >= 4 is 38.4 Å². The molecule has 7 heteroatoms. The second kappa shape index (κ2) is 6.66. The lowest BCUT2D eigenvalue weighted by molar-refractivity contribution is 0.601. The van der Waals surface area contributed by atoms with E-state index in [0.717, 1.165) is 32.4 Å². The Morgan fingerprint density at radius 2 is 2.00 bits per heavy atom. The van der Waals surface area contributed by atoms with Gasteiger partial charge in [-0.2, -0.15) is 0 Å². The molecule has 0 aliphatic heterocycles. The summed E-state index contributed by atoms with van der Waals surface area (Å²) in [4.78, 5) is 6.40. The third-order valence-electron chi connectivity index (χ3n) is 3.58. The van der Waals surface area contributed by atoms with E-state index >= 15 is 0 Å². The van der Waals surface area contributed by atoms with E-state index in [0.29, 0.717) is 10.6 Å². The number of nitrogens with zero attached hydrogens (tertiary/aromatic N) is 1. The van der Waals surface area contributed by atoms with Gasteiger partial charge in [-0.3, -0.25) is 4.72 Å². The predicted molar refractivity (Wildman–Crippen MR) is 102 cm³/mol. The molecular weight excluding hydrogens is 360 g/mol. The molecule has 0 fully saturated rings. The summed E-state index contributed by atoms with van der Waals surface area (Å²) in [5.74, 6) is 0. The van der Waals surface area contributed by atoms with Crippen molar-refractivity contribution < 1.29 is 8.42 Å². The van der Waals surface area contributed by atoms with Gasteiger partial charge in [-0.05, 0) is 44.0 Å². The SMILES string of the molecule is CCc1cccc(NS(=O)(=O)c2cc(-c3nc(C)cs3)sc2C)c1. The van der Waals surface area contributed by atoms with Crippen molar-refractivity contribution in [1.29, 1.82) is 0 Å². The van der Waals surface area contributed by atoms with Crippen LogP contribution in [0.15, 0.2) is 40.6 Å². The Labute approximate surface area is 150 Å². The van der Waals surface area contributed by atoms with Crippen molar-refractivity contribution in [1.82, 2.24) is 4.98 Å². The van der Waals surface area contributed by atoms with Gasteiger partial charge in [0.25, 0.3) is 10.0 Å². The van der Waals surface area contributed by atoms with Gasteiger partial charge in [0, 0.05) is 21.6 Å². The maximum atomic E-state index is 12.8. The quantitative estimate of drug-likeness (QED) is 0.690. The highest BCUT2D eigenvalue weighted by atomic mass is 32.2. The zero-order valence-electron chi connectivity index (χ0n) is 13.7. The maximum absolute atomic E-state index is 12.8. The van der Waals surface area contributed by atoms with Crippen LogP contribution in [-0.4, -0.2) is 13.4 Å². The van der Waals surface area contributed by atoms with E-state index < -0.39 is 10.0 Å². The molecule has 0 aliphatic carbocycles. The Morgan fingerprint density at radius 1 is 1.21 bits per heavy atom. The summed E-state index contributed by atoms with van der Waals surface area (Å²) in [5.41, 5.74) is 2.63. The van der Waals surface area contributed by atoms with Crippen molar-refractivity contribution in [3.63, 3.8) is 0 Å². The summed E-state index contributed by atoms with van der Waals surface area (Å²) < 4.78 is 28.2. The van der Waals surface area contributed by atoms with E-state index in [1.807, 2.05) is 44.4 Å². The Hall–Kier alpha value is -1.70. The van der Waals surface area contributed by atoms with E-state index in [9.17, 15) is 8.42 Å². The van der Waals surface area contributed by atoms with Crippen LogP contribution in [0.4, 0.5) is 5.69 Å². The van der Waals surface area contributed by atoms with E-state index in [1.54, 1.807) is 12.1 Å². The molecule has 2 aromatic heterocycles. The molecule has 3 aromatic rings. The lowest BCUT2D eigenvalue weighted by Gasteiger charge is -2.08. The second-order valence-electron chi connectivity index (χ2n) is 5.48. The van der Waals surface area contributed by atoms with Gasteiger partial charge in [0.1, 0.15) is 9.90 Å². The minimum absolute atomic E-state index is 0.317. The maximum Gasteiger partial charge on any atom is 0.263 e. The van der Waals surface area contributed by atoms with Gasteiger partial charge < -0.3 is 0 Å². The van der Waals surface area contributed by atoms with E-state index in [2.05, 4.69) is 9.71 Å². The van der Waals surface area contributed by atoms with Gasteiger partial charge in [-0.25, -0.2) is 13.4 Å². The fourth-order valence-corrected chi connectivity index (χ4v) is 5.87. The molecule has 0 spiro atoms. The third kappa shape index (κ3) is 3.53. The molecule has 0 aliphatic rings. The Balaban J connectivity index is 1.93. The molecule has 0 unspecified atom stereocenters. The fourth-order valence-electron chi connectivity index (χ4n) is 2.37. The van der Waals surface area contributed by atoms with Crippen molar-refractivity contribution in [3.8, 4) is 9.88 Å². The average Bonchev–Trinajstić information content (AvgIpc) is 3.13. The van der Waals surface area contributed by atoms with Crippen LogP contribution in [0.3, 0.4) is 0 Å². The monoisotopic (exact) mass is 378 g/mol. The molecule has 3 rings (SSSR count). The first-order valence-electron chi connectivity index (χ1n) is 7.53. The summed E-state index contributed by atoms with van der Waals surface area (Å²) >= 11 is 2.98. The standard InChI is InChI=1S/C17H18N2O2S3/c1-4-13-6-5-7-14(8-13)19-24(20,21)16-9-15(23-12(16)3)17-18-11(2)10-22-17/h5-10,19H,4H2,1-3H3. The zero-order chi connectivity index (χ0) is 17.3. The van der Waals surface area contributed by atoms with Crippen LogP contribution in [0.5, 0.6) is 0 Å². The summed E-state index contributed by atoms with van der Waals surface area (Å²) in [6.07, 6.45) is 0.862. The molecule has 0 saturated carbocycles. The number of aromatic nitrogens is 1. The highest BCUT2D eigenvalue weighted by Gasteiger charge is 2.21. The fraction of sp³-hybridized carbons (Fsp3) is 0.235. The van der Waals surface area contributed by atoms with E-state index in [4.69, 9.17) is 0 Å². The smallest absolute Gasteiger partial charge is 0.263 e. The van der Waals surface area contributed by atoms with Gasteiger partial charge in [0.05, 0.1) is 4.88 Å². The second-order valence-corrected chi connectivity index (χ2v) is 9.25. The molecule has 0 bridgehead atoms. The molecule has 1 N–H and O–H groups in total. The molecular formula is C17H18N2O2S3. The number of aryl methyl sites for hydroxylation is 3. The van der Waals surface area contributed by atoms with Gasteiger partial charge in [-0.15, -0.1) is 22.7 Å². The first-order valence-corrected chi connectivity index (χ1v) is 10.7. The number of hydrogen-bond donors (Lipinski definition) is 1.